The zero-order valence-corrected chi connectivity index (χ0v) is 12.6. The topological polar surface area (TPSA) is 102 Å². The summed E-state index contributed by atoms with van der Waals surface area (Å²) >= 11 is 0. The number of sulfonamides is 1. The third-order valence-corrected chi connectivity index (χ3v) is 5.73. The quantitative estimate of drug-likeness (QED) is 0.829. The van der Waals surface area contributed by atoms with Crippen molar-refractivity contribution in [3.63, 3.8) is 0 Å². The van der Waals surface area contributed by atoms with E-state index in [4.69, 9.17) is 10.4 Å². The number of nitriles is 1. The molecule has 1 aromatic carbocycles. The van der Waals surface area contributed by atoms with Crippen molar-refractivity contribution in [2.75, 3.05) is 19.7 Å². The van der Waals surface area contributed by atoms with Crippen LogP contribution < -0.4 is 0 Å². The van der Waals surface area contributed by atoms with E-state index >= 15 is 0 Å². The lowest BCUT2D eigenvalue weighted by Gasteiger charge is -2.21. The molecule has 1 fully saturated rings. The van der Waals surface area contributed by atoms with Crippen molar-refractivity contribution in [2.45, 2.75) is 30.3 Å². The summed E-state index contributed by atoms with van der Waals surface area (Å²) in [5, 5.41) is 28.0. The summed E-state index contributed by atoms with van der Waals surface area (Å²) in [5.74, 6) is 0. The number of nitrogens with zero attached hydrogens (tertiary/aromatic N) is 2. The maximum Gasteiger partial charge on any atom is 0.243 e. The SMILES string of the molecule is CCc1cc(C#N)ccc1S(=O)(=O)N1CC[C@](O)(CO)C1. The highest BCUT2D eigenvalue weighted by molar-refractivity contribution is 7.89. The second kappa shape index (κ2) is 5.73. The summed E-state index contributed by atoms with van der Waals surface area (Å²) in [4.78, 5) is 0.159. The minimum Gasteiger partial charge on any atom is -0.393 e. The number of benzene rings is 1. The molecular weight excluding hydrogens is 292 g/mol. The molecule has 2 rings (SSSR count). The molecule has 0 bridgehead atoms. The highest BCUT2D eigenvalue weighted by Crippen LogP contribution is 2.29. The largest absolute Gasteiger partial charge is 0.393 e. The molecule has 1 atom stereocenters. The highest BCUT2D eigenvalue weighted by atomic mass is 32.2. The van der Waals surface area contributed by atoms with Gasteiger partial charge in [-0.25, -0.2) is 8.42 Å². The number of rotatable bonds is 4. The Morgan fingerprint density at radius 1 is 1.48 bits per heavy atom. The summed E-state index contributed by atoms with van der Waals surface area (Å²) < 4.78 is 26.5. The van der Waals surface area contributed by atoms with Crippen molar-refractivity contribution >= 4 is 10.0 Å². The lowest BCUT2D eigenvalue weighted by Crippen LogP contribution is -2.39. The van der Waals surface area contributed by atoms with Gasteiger partial charge in [0.2, 0.25) is 10.0 Å². The molecule has 114 valence electrons. The van der Waals surface area contributed by atoms with Crippen LogP contribution >= 0.6 is 0 Å². The molecule has 0 aromatic heterocycles. The van der Waals surface area contributed by atoms with E-state index in [1.165, 1.54) is 16.4 Å². The van der Waals surface area contributed by atoms with Gasteiger partial charge in [-0.05, 0) is 36.6 Å². The Morgan fingerprint density at radius 2 is 2.19 bits per heavy atom. The molecule has 1 heterocycles. The predicted molar refractivity (Wildman–Crippen MR) is 75.9 cm³/mol. The number of aliphatic hydroxyl groups is 2. The molecule has 1 aliphatic rings. The zero-order valence-electron chi connectivity index (χ0n) is 11.8. The molecule has 0 amide bonds. The van der Waals surface area contributed by atoms with E-state index in [0.717, 1.165) is 0 Å². The van der Waals surface area contributed by atoms with Crippen LogP contribution in [0, 0.1) is 11.3 Å². The number of aryl methyl sites for hydroxylation is 1. The fourth-order valence-corrected chi connectivity index (χ4v) is 4.26. The first-order valence-electron chi connectivity index (χ1n) is 6.73. The third-order valence-electron chi connectivity index (χ3n) is 3.78. The van der Waals surface area contributed by atoms with E-state index in [-0.39, 0.29) is 24.4 Å². The van der Waals surface area contributed by atoms with E-state index in [2.05, 4.69) is 0 Å². The Morgan fingerprint density at radius 3 is 2.71 bits per heavy atom. The van der Waals surface area contributed by atoms with Crippen LogP contribution in [0.3, 0.4) is 0 Å². The van der Waals surface area contributed by atoms with Crippen LogP contribution in [-0.2, 0) is 16.4 Å². The predicted octanol–water partition coefficient (Wildman–Crippen LogP) is 0.238. The lowest BCUT2D eigenvalue weighted by atomic mass is 10.1. The van der Waals surface area contributed by atoms with Crippen molar-refractivity contribution in [2.24, 2.45) is 0 Å². The maximum atomic E-state index is 12.7. The Bertz CT molecular complexity index is 681. The van der Waals surface area contributed by atoms with Gasteiger partial charge < -0.3 is 10.2 Å². The van der Waals surface area contributed by atoms with Gasteiger partial charge in [0.1, 0.15) is 5.60 Å². The second-order valence-electron chi connectivity index (χ2n) is 5.26. The summed E-state index contributed by atoms with van der Waals surface area (Å²) in [5.41, 5.74) is -0.376. The number of aliphatic hydroxyl groups excluding tert-OH is 1. The van der Waals surface area contributed by atoms with Crippen LogP contribution in [0.1, 0.15) is 24.5 Å². The Kier molecular flexibility index (Phi) is 4.35. The molecule has 6 nitrogen and oxygen atoms in total. The van der Waals surface area contributed by atoms with Gasteiger partial charge in [-0.3, -0.25) is 0 Å². The maximum absolute atomic E-state index is 12.7. The van der Waals surface area contributed by atoms with Gasteiger partial charge in [-0.2, -0.15) is 9.57 Å². The molecule has 1 aliphatic heterocycles. The molecule has 1 saturated heterocycles. The minimum atomic E-state index is -3.73. The summed E-state index contributed by atoms with van der Waals surface area (Å²) in [6.07, 6.45) is 0.697. The molecule has 0 spiro atoms. The molecule has 1 aromatic rings. The molecular formula is C14H18N2O4S. The molecule has 0 aliphatic carbocycles. The number of hydrogen-bond donors (Lipinski definition) is 2. The van der Waals surface area contributed by atoms with Crippen molar-refractivity contribution < 1.29 is 18.6 Å². The number of hydrogen-bond acceptors (Lipinski definition) is 5. The molecule has 2 N–H and O–H groups in total. The van der Waals surface area contributed by atoms with Gasteiger partial charge in [0, 0.05) is 13.1 Å². The average molecular weight is 310 g/mol. The Hall–Kier alpha value is -1.46. The zero-order chi connectivity index (χ0) is 15.7. The van der Waals surface area contributed by atoms with Crippen molar-refractivity contribution in [1.82, 2.24) is 4.31 Å². The van der Waals surface area contributed by atoms with Gasteiger partial charge in [0.05, 0.1) is 23.1 Å². The van der Waals surface area contributed by atoms with Gasteiger partial charge in [0.15, 0.2) is 0 Å². The van der Waals surface area contributed by atoms with E-state index in [1.54, 1.807) is 6.07 Å². The molecule has 7 heteroatoms. The first kappa shape index (κ1) is 15.9. The van der Waals surface area contributed by atoms with Crippen molar-refractivity contribution in [1.29, 1.82) is 5.26 Å². The van der Waals surface area contributed by atoms with Crippen LogP contribution in [0.4, 0.5) is 0 Å². The van der Waals surface area contributed by atoms with Gasteiger partial charge in [0.25, 0.3) is 0 Å². The van der Waals surface area contributed by atoms with E-state index in [9.17, 15) is 13.5 Å². The van der Waals surface area contributed by atoms with Crippen LogP contribution in [0.5, 0.6) is 0 Å². The van der Waals surface area contributed by atoms with E-state index < -0.39 is 22.2 Å². The molecule has 0 saturated carbocycles. The van der Waals surface area contributed by atoms with Crippen LogP contribution in [0.2, 0.25) is 0 Å². The van der Waals surface area contributed by atoms with Crippen LogP contribution in [-0.4, -0.2) is 48.2 Å². The van der Waals surface area contributed by atoms with E-state index in [0.29, 0.717) is 17.5 Å². The van der Waals surface area contributed by atoms with E-state index in [1.807, 2.05) is 13.0 Å². The molecule has 21 heavy (non-hydrogen) atoms. The molecule has 0 radical (unpaired) electrons. The Balaban J connectivity index is 2.40. The van der Waals surface area contributed by atoms with Gasteiger partial charge in [-0.1, -0.05) is 6.92 Å². The third kappa shape index (κ3) is 2.94. The normalized spacial score (nSPS) is 23.1. The van der Waals surface area contributed by atoms with Crippen LogP contribution in [0.15, 0.2) is 23.1 Å². The number of β-amino-alcohol motifs (C(OH)–C–C–N with tert-alkyl or cyclic N) is 1. The van der Waals surface area contributed by atoms with Crippen LogP contribution in [0.25, 0.3) is 0 Å². The average Bonchev–Trinajstić information content (AvgIpc) is 2.90. The second-order valence-corrected chi connectivity index (χ2v) is 7.17. The van der Waals surface area contributed by atoms with Crippen molar-refractivity contribution in [3.05, 3.63) is 29.3 Å². The monoisotopic (exact) mass is 310 g/mol. The standard InChI is InChI=1S/C14H18N2O4S/c1-2-12-7-11(8-15)3-4-13(12)21(19,20)16-6-5-14(18,9-16)10-17/h3-4,7,17-18H,2,5-6,9-10H2,1H3/t14-/m1/s1. The summed E-state index contributed by atoms with van der Waals surface area (Å²) in [6, 6.07) is 6.47. The molecule has 0 unspecified atom stereocenters. The highest BCUT2D eigenvalue weighted by Gasteiger charge is 2.41. The Labute approximate surface area is 124 Å². The van der Waals surface area contributed by atoms with Gasteiger partial charge >= 0.3 is 0 Å². The van der Waals surface area contributed by atoms with Gasteiger partial charge in [-0.15, -0.1) is 0 Å². The first-order chi connectivity index (χ1) is 9.86. The first-order valence-corrected chi connectivity index (χ1v) is 8.17. The summed E-state index contributed by atoms with van der Waals surface area (Å²) in [6.45, 7) is 1.41. The fraction of sp³-hybridized carbons (Fsp3) is 0.500. The lowest BCUT2D eigenvalue weighted by molar-refractivity contribution is -0.000736. The smallest absolute Gasteiger partial charge is 0.243 e. The summed E-state index contributed by atoms with van der Waals surface area (Å²) in [7, 11) is -3.73. The van der Waals surface area contributed by atoms with Crippen molar-refractivity contribution in [3.8, 4) is 6.07 Å². The fourth-order valence-electron chi connectivity index (χ4n) is 2.47. The minimum absolute atomic E-state index is 0.116.